The van der Waals surface area contributed by atoms with Gasteiger partial charge >= 0.3 is 0 Å². The highest BCUT2D eigenvalue weighted by Crippen LogP contribution is 2.19. The van der Waals surface area contributed by atoms with E-state index in [9.17, 15) is 14.3 Å². The number of pyridine rings is 1. The van der Waals surface area contributed by atoms with Gasteiger partial charge in [-0.05, 0) is 60.5 Å². The van der Waals surface area contributed by atoms with Crippen LogP contribution in [0.25, 0.3) is 0 Å². The second-order valence-electron chi connectivity index (χ2n) is 6.69. The van der Waals surface area contributed by atoms with Gasteiger partial charge in [-0.3, -0.25) is 0 Å². The van der Waals surface area contributed by atoms with Crippen molar-refractivity contribution in [3.8, 4) is 5.75 Å². The maximum absolute atomic E-state index is 13.2. The number of ether oxygens (including phenoxy) is 1. The maximum Gasteiger partial charge on any atom is 0.125 e. The van der Waals surface area contributed by atoms with Crippen molar-refractivity contribution in [2.75, 3.05) is 29.9 Å². The third-order valence-corrected chi connectivity index (χ3v) is 4.37. The average molecular weight is 408 g/mol. The fourth-order valence-electron chi connectivity index (χ4n) is 2.90. The number of aromatic nitrogens is 1. The maximum atomic E-state index is 13.2. The van der Waals surface area contributed by atoms with Gasteiger partial charge in [0.2, 0.25) is 0 Å². The number of nitrogens with zero attached hydrogens (tertiary/aromatic N) is 2. The Morgan fingerprint density at radius 1 is 1.07 bits per heavy atom. The highest BCUT2D eigenvalue weighted by Gasteiger charge is 2.08. The molecule has 1 N–H and O–H groups in total. The van der Waals surface area contributed by atoms with Gasteiger partial charge in [-0.1, -0.05) is 18.2 Å². The summed E-state index contributed by atoms with van der Waals surface area (Å²) < 4.78 is 18.9. The predicted molar refractivity (Wildman–Crippen MR) is 112 cm³/mol. The van der Waals surface area contributed by atoms with Gasteiger partial charge in [0.25, 0.3) is 0 Å². The Morgan fingerprint density at radius 3 is 2.50 bits per heavy atom. The molecule has 0 aliphatic heterocycles. The van der Waals surface area contributed by atoms with Gasteiger partial charge in [0, 0.05) is 25.0 Å². The molecule has 1 aromatic heterocycles. The molecule has 3 rings (SSSR count). The molecule has 0 saturated heterocycles. The van der Waals surface area contributed by atoms with Gasteiger partial charge in [0.1, 0.15) is 17.4 Å². The zero-order chi connectivity index (χ0) is 21.2. The van der Waals surface area contributed by atoms with E-state index in [1.54, 1.807) is 23.2 Å². The minimum Gasteiger partial charge on any atom is -0.548 e. The number of rotatable bonds is 11. The van der Waals surface area contributed by atoms with Gasteiger partial charge in [0.15, 0.2) is 0 Å². The summed E-state index contributed by atoms with van der Waals surface area (Å²) in [6.07, 6.45) is 2.56. The third-order valence-electron chi connectivity index (χ3n) is 4.37. The molecule has 1 heterocycles. The topological polar surface area (TPSA) is 77.5 Å². The quantitative estimate of drug-likeness (QED) is 0.492. The number of carbonyl (C=O) groups is 1. The van der Waals surface area contributed by atoms with Gasteiger partial charge in [-0.15, -0.1) is 0 Å². The van der Waals surface area contributed by atoms with Crippen molar-refractivity contribution in [2.24, 2.45) is 0 Å². The molecule has 6 nitrogen and oxygen atoms in total. The molecule has 0 bridgehead atoms. The molecule has 156 valence electrons. The minimum absolute atomic E-state index is 0.285. The summed E-state index contributed by atoms with van der Waals surface area (Å²) in [5.41, 5.74) is 1.52. The van der Waals surface area contributed by atoms with Crippen molar-refractivity contribution >= 4 is 17.5 Å². The summed E-state index contributed by atoms with van der Waals surface area (Å²) in [4.78, 5) is 16.9. The molecule has 3 aromatic rings. The molecular formula is C23H23FN3O3-. The summed E-state index contributed by atoms with van der Waals surface area (Å²) in [5.74, 6) is 0.0106. The fourth-order valence-corrected chi connectivity index (χ4v) is 2.90. The smallest absolute Gasteiger partial charge is 0.125 e. The molecule has 0 unspecified atom stereocenters. The van der Waals surface area contributed by atoms with E-state index in [4.69, 9.17) is 4.74 Å². The van der Waals surface area contributed by atoms with E-state index in [0.29, 0.717) is 18.8 Å². The first kappa shape index (κ1) is 21.1. The molecule has 0 aliphatic rings. The highest BCUT2D eigenvalue weighted by atomic mass is 19.1. The Bertz CT molecular complexity index is 919. The van der Waals surface area contributed by atoms with Crippen LogP contribution >= 0.6 is 0 Å². The molecule has 0 aliphatic carbocycles. The Balaban J connectivity index is 1.48. The van der Waals surface area contributed by atoms with Crippen LogP contribution in [0.4, 0.5) is 15.9 Å². The number of carboxylic acids is 1. The van der Waals surface area contributed by atoms with Crippen LogP contribution in [0.1, 0.15) is 12.0 Å². The lowest BCUT2D eigenvalue weighted by Gasteiger charge is -2.25. The molecule has 0 radical (unpaired) electrons. The summed E-state index contributed by atoms with van der Waals surface area (Å²) >= 11 is 0. The second kappa shape index (κ2) is 10.8. The minimum atomic E-state index is -1.20. The number of halogens is 1. The number of anilines is 2. The molecule has 0 amide bonds. The number of nitrogens with one attached hydrogen (secondary N) is 1. The van der Waals surface area contributed by atoms with E-state index in [1.807, 2.05) is 42.5 Å². The number of hydrogen-bond acceptors (Lipinski definition) is 6. The van der Waals surface area contributed by atoms with Crippen molar-refractivity contribution in [1.29, 1.82) is 0 Å². The van der Waals surface area contributed by atoms with E-state index in [2.05, 4.69) is 10.3 Å². The average Bonchev–Trinajstić information content (AvgIpc) is 2.75. The van der Waals surface area contributed by atoms with Gasteiger partial charge in [-0.25, -0.2) is 9.37 Å². The van der Waals surface area contributed by atoms with Crippen LogP contribution in [0.3, 0.4) is 0 Å². The van der Waals surface area contributed by atoms with Crippen molar-refractivity contribution in [2.45, 2.75) is 13.0 Å². The zero-order valence-electron chi connectivity index (χ0n) is 16.5. The van der Waals surface area contributed by atoms with Gasteiger partial charge < -0.3 is 24.9 Å². The van der Waals surface area contributed by atoms with Crippen LogP contribution in [0.2, 0.25) is 0 Å². The Labute approximate surface area is 174 Å². The fraction of sp³-hybridized carbons (Fsp3) is 0.217. The lowest BCUT2D eigenvalue weighted by molar-refractivity contribution is -0.303. The molecule has 0 spiro atoms. The van der Waals surface area contributed by atoms with Crippen LogP contribution in [-0.2, 0) is 11.3 Å². The standard InChI is InChI=1S/C23H24FN3O3/c24-19-7-9-20(10-8-19)27(17-23(28)29)16-18-5-11-21(12-6-18)30-15-3-14-26-22-4-1-2-13-25-22/h1-2,4-13H,3,14-17H2,(H,25,26)(H,28,29)/p-1. The van der Waals surface area contributed by atoms with E-state index in [0.717, 1.165) is 30.1 Å². The van der Waals surface area contributed by atoms with Gasteiger partial charge in [0.05, 0.1) is 19.1 Å². The number of benzene rings is 2. The first-order valence-electron chi connectivity index (χ1n) is 9.67. The predicted octanol–water partition coefficient (Wildman–Crippen LogP) is 2.86. The van der Waals surface area contributed by atoms with Crippen molar-refractivity contribution in [3.63, 3.8) is 0 Å². The molecule has 30 heavy (non-hydrogen) atoms. The summed E-state index contributed by atoms with van der Waals surface area (Å²) in [6, 6.07) is 18.9. The van der Waals surface area contributed by atoms with E-state index < -0.39 is 5.97 Å². The lowest BCUT2D eigenvalue weighted by atomic mass is 10.2. The third kappa shape index (κ3) is 6.77. The number of carboxylic acid groups (broad SMARTS) is 1. The van der Waals surface area contributed by atoms with Crippen molar-refractivity contribution in [1.82, 2.24) is 4.98 Å². The summed E-state index contributed by atoms with van der Waals surface area (Å²) in [6.45, 7) is 1.39. The zero-order valence-corrected chi connectivity index (χ0v) is 16.5. The highest BCUT2D eigenvalue weighted by molar-refractivity contribution is 5.71. The number of carbonyl (C=O) groups excluding carboxylic acids is 1. The lowest BCUT2D eigenvalue weighted by Crippen LogP contribution is -2.37. The second-order valence-corrected chi connectivity index (χ2v) is 6.69. The first-order valence-corrected chi connectivity index (χ1v) is 9.67. The number of aliphatic carboxylic acids is 1. The van der Waals surface area contributed by atoms with Crippen LogP contribution in [-0.4, -0.2) is 30.6 Å². The molecule has 0 atom stereocenters. The van der Waals surface area contributed by atoms with Crippen LogP contribution in [0, 0.1) is 5.82 Å². The Kier molecular flexibility index (Phi) is 7.60. The Hall–Kier alpha value is -3.61. The van der Waals surface area contributed by atoms with E-state index >= 15 is 0 Å². The summed E-state index contributed by atoms with van der Waals surface area (Å²) in [7, 11) is 0. The molecule has 0 fully saturated rings. The summed E-state index contributed by atoms with van der Waals surface area (Å²) in [5, 5.41) is 14.3. The monoisotopic (exact) mass is 408 g/mol. The van der Waals surface area contributed by atoms with Crippen LogP contribution in [0.15, 0.2) is 72.9 Å². The first-order chi connectivity index (χ1) is 14.6. The largest absolute Gasteiger partial charge is 0.548 e. The van der Waals surface area contributed by atoms with Crippen molar-refractivity contribution in [3.05, 3.63) is 84.3 Å². The normalized spacial score (nSPS) is 10.4. The number of hydrogen-bond donors (Lipinski definition) is 1. The van der Waals surface area contributed by atoms with Crippen LogP contribution < -0.4 is 20.1 Å². The molecular weight excluding hydrogens is 385 g/mol. The van der Waals surface area contributed by atoms with E-state index in [-0.39, 0.29) is 12.4 Å². The molecule has 2 aromatic carbocycles. The molecule has 0 saturated carbocycles. The SMILES string of the molecule is O=C([O-])CN(Cc1ccc(OCCCNc2ccccn2)cc1)c1ccc(F)cc1. The molecule has 7 heteroatoms. The van der Waals surface area contributed by atoms with Crippen LogP contribution in [0.5, 0.6) is 5.75 Å². The Morgan fingerprint density at radius 2 is 1.83 bits per heavy atom. The van der Waals surface area contributed by atoms with Crippen molar-refractivity contribution < 1.29 is 19.0 Å². The van der Waals surface area contributed by atoms with E-state index in [1.165, 1.54) is 12.1 Å². The van der Waals surface area contributed by atoms with Gasteiger partial charge in [-0.2, -0.15) is 0 Å².